The summed E-state index contributed by atoms with van der Waals surface area (Å²) in [6, 6.07) is 13.4. The molecule has 2 N–H and O–H groups in total. The van der Waals surface area contributed by atoms with E-state index < -0.39 is 5.92 Å². The van der Waals surface area contributed by atoms with E-state index in [2.05, 4.69) is 6.07 Å². The van der Waals surface area contributed by atoms with Crippen LogP contribution in [-0.2, 0) is 4.79 Å². The third kappa shape index (κ3) is 2.96. The van der Waals surface area contributed by atoms with Crippen molar-refractivity contribution in [2.75, 3.05) is 11.7 Å². The molecule has 2 aliphatic heterocycles. The van der Waals surface area contributed by atoms with Crippen molar-refractivity contribution in [1.82, 2.24) is 0 Å². The molecule has 6 nitrogen and oxygen atoms in total. The second-order valence-corrected chi connectivity index (χ2v) is 8.22. The van der Waals surface area contributed by atoms with Gasteiger partial charge in [0.25, 0.3) is 0 Å². The first-order valence-electron chi connectivity index (χ1n) is 10.1. The lowest BCUT2D eigenvalue weighted by molar-refractivity contribution is -0.116. The second-order valence-electron chi connectivity index (χ2n) is 7.81. The molecule has 1 aliphatic carbocycles. The van der Waals surface area contributed by atoms with E-state index in [1.807, 2.05) is 48.2 Å². The van der Waals surface area contributed by atoms with E-state index >= 15 is 0 Å². The molecule has 0 bridgehead atoms. The number of halogens is 1. The highest BCUT2D eigenvalue weighted by molar-refractivity contribution is 6.31. The Bertz CT molecular complexity index is 1230. The van der Waals surface area contributed by atoms with Crippen molar-refractivity contribution >= 4 is 23.1 Å². The minimum absolute atomic E-state index is 0.0360. The van der Waals surface area contributed by atoms with E-state index in [0.717, 1.165) is 28.9 Å². The lowest BCUT2D eigenvalue weighted by Crippen LogP contribution is -2.39. The molecule has 2 heterocycles. The second kappa shape index (κ2) is 7.36. The number of carbonyl (C=O) groups excluding carboxylic acids is 1. The number of ketones is 1. The molecule has 0 fully saturated rings. The van der Waals surface area contributed by atoms with Gasteiger partial charge in [-0.15, -0.1) is 0 Å². The molecular formula is C24H20ClN3O3. The van der Waals surface area contributed by atoms with E-state index in [1.54, 1.807) is 0 Å². The van der Waals surface area contributed by atoms with Gasteiger partial charge < -0.3 is 15.2 Å². The molecule has 0 unspecified atom stereocenters. The quantitative estimate of drug-likeness (QED) is 0.739. The van der Waals surface area contributed by atoms with Gasteiger partial charge in [-0.05, 0) is 55.2 Å². The third-order valence-corrected chi connectivity index (χ3v) is 6.53. The number of nitrogens with two attached hydrogens (primary N) is 1. The third-order valence-electron chi connectivity index (χ3n) is 6.12. The van der Waals surface area contributed by atoms with E-state index in [1.165, 1.54) is 0 Å². The van der Waals surface area contributed by atoms with E-state index in [4.69, 9.17) is 26.8 Å². The topological polar surface area (TPSA) is 88.6 Å². The first-order valence-corrected chi connectivity index (χ1v) is 10.5. The van der Waals surface area contributed by atoms with Crippen molar-refractivity contribution in [2.24, 2.45) is 5.73 Å². The van der Waals surface area contributed by atoms with Crippen molar-refractivity contribution < 1.29 is 14.3 Å². The molecular weight excluding hydrogens is 414 g/mol. The number of rotatable bonds is 2. The number of nitrogens with zero attached hydrogens (tertiary/aromatic N) is 2. The van der Waals surface area contributed by atoms with Crippen molar-refractivity contribution in [3.63, 3.8) is 0 Å². The van der Waals surface area contributed by atoms with Crippen molar-refractivity contribution in [3.8, 4) is 17.6 Å². The number of hydrogen-bond donors (Lipinski definition) is 1. The molecule has 0 radical (unpaired) electrons. The van der Waals surface area contributed by atoms with Crippen LogP contribution >= 0.6 is 11.6 Å². The van der Waals surface area contributed by atoms with Gasteiger partial charge in [0.2, 0.25) is 6.79 Å². The van der Waals surface area contributed by atoms with Crippen LogP contribution in [0.3, 0.4) is 0 Å². The average Bonchev–Trinajstić information content (AvgIpc) is 3.23. The molecule has 0 amide bonds. The summed E-state index contributed by atoms with van der Waals surface area (Å²) in [6.07, 6.45) is 1.87. The van der Waals surface area contributed by atoms with Crippen LogP contribution in [0.15, 0.2) is 59.1 Å². The molecule has 2 aromatic rings. The number of anilines is 1. The Morgan fingerprint density at radius 3 is 2.81 bits per heavy atom. The van der Waals surface area contributed by atoms with E-state index in [0.29, 0.717) is 46.3 Å². The smallest absolute Gasteiger partial charge is 0.231 e. The number of ether oxygens (including phenoxy) is 2. The Morgan fingerprint density at radius 1 is 1.19 bits per heavy atom. The van der Waals surface area contributed by atoms with Crippen LogP contribution in [-0.4, -0.2) is 12.6 Å². The van der Waals surface area contributed by atoms with E-state index in [9.17, 15) is 10.1 Å². The van der Waals surface area contributed by atoms with Crippen LogP contribution in [0.1, 0.15) is 36.3 Å². The molecule has 156 valence electrons. The highest BCUT2D eigenvalue weighted by atomic mass is 35.5. The minimum Gasteiger partial charge on any atom is -0.454 e. The highest BCUT2D eigenvalue weighted by Gasteiger charge is 2.41. The number of allylic oxidation sites excluding steroid dienone is 3. The maximum atomic E-state index is 13.2. The predicted octanol–water partition coefficient (Wildman–Crippen LogP) is 4.68. The van der Waals surface area contributed by atoms with Crippen LogP contribution in [0.25, 0.3) is 0 Å². The Labute approximate surface area is 185 Å². The molecule has 31 heavy (non-hydrogen) atoms. The highest BCUT2D eigenvalue weighted by Crippen LogP contribution is 2.48. The Hall–Kier alpha value is -3.43. The number of benzene rings is 2. The van der Waals surface area contributed by atoms with Crippen LogP contribution in [0, 0.1) is 18.3 Å². The van der Waals surface area contributed by atoms with Crippen LogP contribution in [0.4, 0.5) is 5.69 Å². The largest absolute Gasteiger partial charge is 0.454 e. The maximum absolute atomic E-state index is 13.2. The standard InChI is InChI=1S/C24H20ClN3O3/c1-13-16(25)4-2-5-17(13)28-18-6-3-7-19(29)23(18)22(15(11-26)24(28)27)14-8-9-20-21(10-14)31-12-30-20/h2,4-5,8-10,22H,3,6-7,12,27H2,1H3/t22-/m1/s1. The van der Waals surface area contributed by atoms with Gasteiger partial charge in [0.15, 0.2) is 17.3 Å². The molecule has 7 heteroatoms. The summed E-state index contributed by atoms with van der Waals surface area (Å²) in [7, 11) is 0. The maximum Gasteiger partial charge on any atom is 0.231 e. The number of carbonyl (C=O) groups is 1. The van der Waals surface area contributed by atoms with Crippen LogP contribution in [0.5, 0.6) is 11.5 Å². The van der Waals surface area contributed by atoms with E-state index in [-0.39, 0.29) is 12.6 Å². The monoisotopic (exact) mass is 433 g/mol. The Kier molecular flexibility index (Phi) is 4.64. The van der Waals surface area contributed by atoms with Gasteiger partial charge in [-0.25, -0.2) is 0 Å². The average molecular weight is 434 g/mol. The zero-order valence-electron chi connectivity index (χ0n) is 16.9. The summed E-state index contributed by atoms with van der Waals surface area (Å²) in [5, 5.41) is 10.7. The van der Waals surface area contributed by atoms with Crippen molar-refractivity contribution in [3.05, 3.63) is 75.2 Å². The fourth-order valence-corrected chi connectivity index (χ4v) is 4.80. The van der Waals surface area contributed by atoms with Crippen molar-refractivity contribution in [2.45, 2.75) is 32.1 Å². The zero-order chi connectivity index (χ0) is 21.7. The summed E-state index contributed by atoms with van der Waals surface area (Å²) in [5.74, 6) is 1.07. The summed E-state index contributed by atoms with van der Waals surface area (Å²) in [4.78, 5) is 15.0. The first kappa shape index (κ1) is 19.5. The van der Waals surface area contributed by atoms with Gasteiger partial charge in [0.1, 0.15) is 5.82 Å². The molecule has 3 aliphatic rings. The minimum atomic E-state index is -0.543. The lowest BCUT2D eigenvalue weighted by Gasteiger charge is -2.40. The summed E-state index contributed by atoms with van der Waals surface area (Å²) < 4.78 is 10.9. The number of nitriles is 1. The Morgan fingerprint density at radius 2 is 2.00 bits per heavy atom. The van der Waals surface area contributed by atoms with Gasteiger partial charge in [-0.1, -0.05) is 23.7 Å². The fourth-order valence-electron chi connectivity index (χ4n) is 4.63. The normalized spacial score (nSPS) is 20.1. The zero-order valence-corrected chi connectivity index (χ0v) is 17.7. The fraction of sp³-hybridized carbons (Fsp3) is 0.250. The summed E-state index contributed by atoms with van der Waals surface area (Å²) in [6.45, 7) is 2.06. The molecule has 0 spiro atoms. The molecule has 2 aromatic carbocycles. The van der Waals surface area contributed by atoms with Gasteiger partial charge in [-0.2, -0.15) is 5.26 Å². The first-order chi connectivity index (χ1) is 15.0. The molecule has 0 aromatic heterocycles. The van der Waals surface area contributed by atoms with Gasteiger partial charge in [0.05, 0.1) is 23.2 Å². The van der Waals surface area contributed by atoms with Gasteiger partial charge in [0, 0.05) is 22.7 Å². The number of hydrogen-bond acceptors (Lipinski definition) is 6. The lowest BCUT2D eigenvalue weighted by atomic mass is 9.75. The summed E-state index contributed by atoms with van der Waals surface area (Å²) >= 11 is 6.38. The number of Topliss-reactive ketones (excluding diaryl/α,β-unsaturated/α-hetero) is 1. The molecule has 1 atom stereocenters. The predicted molar refractivity (Wildman–Crippen MR) is 117 cm³/mol. The molecule has 5 rings (SSSR count). The van der Waals surface area contributed by atoms with Crippen molar-refractivity contribution in [1.29, 1.82) is 5.26 Å². The number of fused-ring (bicyclic) bond motifs is 1. The van der Waals surface area contributed by atoms with Crippen LogP contribution < -0.4 is 20.1 Å². The Balaban J connectivity index is 1.75. The van der Waals surface area contributed by atoms with Gasteiger partial charge >= 0.3 is 0 Å². The summed E-state index contributed by atoms with van der Waals surface area (Å²) in [5.41, 5.74) is 10.8. The van der Waals surface area contributed by atoms with Gasteiger partial charge in [-0.3, -0.25) is 9.69 Å². The molecule has 0 saturated carbocycles. The van der Waals surface area contributed by atoms with Crippen LogP contribution in [0.2, 0.25) is 5.02 Å². The SMILES string of the molecule is Cc1c(Cl)cccc1N1C(N)=C(C#N)[C@@H](c2ccc3c(c2)OCO3)C2=C1CCCC2=O. The molecule has 0 saturated heterocycles.